The first-order valence-corrected chi connectivity index (χ1v) is 13.0. The molecule has 0 spiro atoms. The number of amides is 1. The van der Waals surface area contributed by atoms with E-state index in [1.807, 2.05) is 12.1 Å². The molecule has 4 rings (SSSR count). The Morgan fingerprint density at radius 1 is 0.938 bits per heavy atom. The highest BCUT2D eigenvalue weighted by molar-refractivity contribution is 7.89. The summed E-state index contributed by atoms with van der Waals surface area (Å²) in [5.74, 6) is -0.240. The number of sulfonamides is 1. The molecule has 2 aromatic carbocycles. The van der Waals surface area contributed by atoms with Crippen molar-refractivity contribution < 1.29 is 17.9 Å². The summed E-state index contributed by atoms with van der Waals surface area (Å²) in [6, 6.07) is 11.8. The number of ether oxygens (including phenoxy) is 1. The second-order valence-corrected chi connectivity index (χ2v) is 10.9. The number of morpholine rings is 1. The fourth-order valence-electron chi connectivity index (χ4n) is 4.15. The minimum atomic E-state index is -3.77. The predicted molar refractivity (Wildman–Crippen MR) is 125 cm³/mol. The number of benzene rings is 2. The minimum absolute atomic E-state index is 0.00516. The number of carbonyl (C=O) groups is 1. The van der Waals surface area contributed by atoms with Crippen LogP contribution in [0.4, 0.5) is 0 Å². The number of halogens is 2. The summed E-state index contributed by atoms with van der Waals surface area (Å²) >= 11 is 12.3. The topological polar surface area (TPSA) is 66.9 Å². The van der Waals surface area contributed by atoms with Gasteiger partial charge in [0.15, 0.2) is 0 Å². The maximum Gasteiger partial charge on any atom is 0.254 e. The molecular weight excluding hydrogens is 471 g/mol. The van der Waals surface area contributed by atoms with Crippen molar-refractivity contribution in [2.75, 3.05) is 32.8 Å². The lowest BCUT2D eigenvalue weighted by Gasteiger charge is -2.33. The Labute approximate surface area is 199 Å². The Balaban J connectivity index is 1.55. The van der Waals surface area contributed by atoms with Gasteiger partial charge >= 0.3 is 0 Å². The van der Waals surface area contributed by atoms with Crippen molar-refractivity contribution in [3.05, 3.63) is 63.6 Å². The van der Waals surface area contributed by atoms with E-state index in [0.717, 1.165) is 31.2 Å². The summed E-state index contributed by atoms with van der Waals surface area (Å²) in [5.41, 5.74) is 1.24. The zero-order valence-electron chi connectivity index (χ0n) is 17.7. The van der Waals surface area contributed by atoms with Crippen molar-refractivity contribution in [2.24, 2.45) is 0 Å². The van der Waals surface area contributed by atoms with Gasteiger partial charge in [0.25, 0.3) is 5.91 Å². The molecule has 172 valence electrons. The monoisotopic (exact) mass is 496 g/mol. The van der Waals surface area contributed by atoms with Crippen LogP contribution in [-0.4, -0.2) is 56.3 Å². The van der Waals surface area contributed by atoms with Crippen LogP contribution in [0, 0.1) is 0 Å². The summed E-state index contributed by atoms with van der Waals surface area (Å²) in [6.45, 7) is 2.15. The summed E-state index contributed by atoms with van der Waals surface area (Å²) in [5, 5.41) is 0.767. The normalized spacial score (nSPS) is 20.7. The SMILES string of the molecule is O=C(c1ccc(Cl)c(S(=O)(=O)N2CCCCCC2)c1)N1CCOC(c2ccc(Cl)cc2)C1. The summed E-state index contributed by atoms with van der Waals surface area (Å²) in [7, 11) is -3.77. The Bertz CT molecular complexity index is 1070. The number of hydrogen-bond acceptors (Lipinski definition) is 4. The van der Waals surface area contributed by atoms with Crippen LogP contribution in [0.5, 0.6) is 0 Å². The molecule has 1 amide bonds. The summed E-state index contributed by atoms with van der Waals surface area (Å²) in [6.07, 6.45) is 3.43. The lowest BCUT2D eigenvalue weighted by Crippen LogP contribution is -2.42. The highest BCUT2D eigenvalue weighted by atomic mass is 35.5. The van der Waals surface area contributed by atoms with Crippen molar-refractivity contribution in [3.63, 3.8) is 0 Å². The third-order valence-corrected chi connectivity index (χ3v) is 8.59. The van der Waals surface area contributed by atoms with Crippen LogP contribution >= 0.6 is 23.2 Å². The van der Waals surface area contributed by atoms with Crippen molar-refractivity contribution in [1.82, 2.24) is 9.21 Å². The fraction of sp³-hybridized carbons (Fsp3) is 0.435. The van der Waals surface area contributed by atoms with Crippen LogP contribution in [0.15, 0.2) is 47.4 Å². The molecule has 2 saturated heterocycles. The van der Waals surface area contributed by atoms with E-state index in [2.05, 4.69) is 0 Å². The van der Waals surface area contributed by atoms with E-state index in [9.17, 15) is 13.2 Å². The van der Waals surface area contributed by atoms with Gasteiger partial charge in [-0.05, 0) is 48.7 Å². The second kappa shape index (κ2) is 10.1. The molecule has 2 aliphatic heterocycles. The fourth-order valence-corrected chi connectivity index (χ4v) is 6.29. The smallest absolute Gasteiger partial charge is 0.254 e. The molecule has 0 N–H and O–H groups in total. The van der Waals surface area contributed by atoms with E-state index < -0.39 is 10.0 Å². The first-order valence-electron chi connectivity index (χ1n) is 10.8. The van der Waals surface area contributed by atoms with E-state index in [1.54, 1.807) is 23.1 Å². The van der Waals surface area contributed by atoms with Gasteiger partial charge in [0.2, 0.25) is 10.0 Å². The highest BCUT2D eigenvalue weighted by Gasteiger charge is 2.30. The number of rotatable bonds is 4. The first-order chi connectivity index (χ1) is 15.4. The third-order valence-electron chi connectivity index (χ3n) is 5.96. The van der Waals surface area contributed by atoms with Gasteiger partial charge in [-0.25, -0.2) is 8.42 Å². The number of carbonyl (C=O) groups excluding carboxylic acids is 1. The average molecular weight is 497 g/mol. The van der Waals surface area contributed by atoms with E-state index in [1.165, 1.54) is 16.4 Å². The molecule has 32 heavy (non-hydrogen) atoms. The predicted octanol–water partition coefficient (Wildman–Crippen LogP) is 4.77. The molecule has 6 nitrogen and oxygen atoms in total. The van der Waals surface area contributed by atoms with Crippen LogP contribution in [-0.2, 0) is 14.8 Å². The second-order valence-electron chi connectivity index (χ2n) is 8.13. The molecule has 1 unspecified atom stereocenters. The largest absolute Gasteiger partial charge is 0.370 e. The summed E-state index contributed by atoms with van der Waals surface area (Å²) in [4.78, 5) is 14.9. The standard InChI is InChI=1S/C23H26Cl2N2O4S/c24-19-8-5-17(6-9-19)21-16-26(13-14-31-21)23(28)18-7-10-20(25)22(15-18)32(29,30)27-11-3-1-2-4-12-27/h5-10,15,21H,1-4,11-14,16H2. The molecule has 2 heterocycles. The van der Waals surface area contributed by atoms with E-state index in [-0.39, 0.29) is 21.9 Å². The van der Waals surface area contributed by atoms with Gasteiger partial charge in [-0.3, -0.25) is 4.79 Å². The molecule has 2 aliphatic rings. The number of nitrogens with zero attached hydrogens (tertiary/aromatic N) is 2. The van der Waals surface area contributed by atoms with Gasteiger partial charge in [-0.2, -0.15) is 4.31 Å². The average Bonchev–Trinajstić information content (AvgIpc) is 3.10. The molecule has 2 aromatic rings. The Morgan fingerprint density at radius 3 is 2.31 bits per heavy atom. The molecule has 1 atom stereocenters. The van der Waals surface area contributed by atoms with Crippen molar-refractivity contribution in [2.45, 2.75) is 36.7 Å². The van der Waals surface area contributed by atoms with Gasteiger partial charge in [-0.15, -0.1) is 0 Å². The van der Waals surface area contributed by atoms with Gasteiger partial charge in [0, 0.05) is 30.2 Å². The van der Waals surface area contributed by atoms with Crippen molar-refractivity contribution >= 4 is 39.1 Å². The highest BCUT2D eigenvalue weighted by Crippen LogP contribution is 2.29. The minimum Gasteiger partial charge on any atom is -0.370 e. The van der Waals surface area contributed by atoms with Gasteiger partial charge in [-0.1, -0.05) is 48.2 Å². The van der Waals surface area contributed by atoms with Gasteiger partial charge in [0.05, 0.1) is 18.2 Å². The number of hydrogen-bond donors (Lipinski definition) is 0. The Morgan fingerprint density at radius 2 is 1.62 bits per heavy atom. The van der Waals surface area contributed by atoms with Crippen LogP contribution < -0.4 is 0 Å². The zero-order chi connectivity index (χ0) is 22.7. The van der Waals surface area contributed by atoms with E-state index in [0.29, 0.717) is 43.4 Å². The molecule has 0 saturated carbocycles. The molecule has 2 fully saturated rings. The van der Waals surface area contributed by atoms with Crippen molar-refractivity contribution in [3.8, 4) is 0 Å². The van der Waals surface area contributed by atoms with Gasteiger partial charge < -0.3 is 9.64 Å². The van der Waals surface area contributed by atoms with E-state index in [4.69, 9.17) is 27.9 Å². The Hall–Kier alpha value is -1.64. The first kappa shape index (κ1) is 23.5. The van der Waals surface area contributed by atoms with Crippen LogP contribution in [0.3, 0.4) is 0 Å². The zero-order valence-corrected chi connectivity index (χ0v) is 20.0. The van der Waals surface area contributed by atoms with Crippen molar-refractivity contribution in [1.29, 1.82) is 0 Å². The molecule has 0 radical (unpaired) electrons. The molecule has 0 aromatic heterocycles. The van der Waals surface area contributed by atoms with Crippen LogP contribution in [0.25, 0.3) is 0 Å². The van der Waals surface area contributed by atoms with Crippen LogP contribution in [0.2, 0.25) is 10.0 Å². The van der Waals surface area contributed by atoms with Gasteiger partial charge in [0.1, 0.15) is 11.0 Å². The lowest BCUT2D eigenvalue weighted by molar-refractivity contribution is -0.0228. The quantitative estimate of drug-likeness (QED) is 0.611. The van der Waals surface area contributed by atoms with Crippen LogP contribution in [0.1, 0.15) is 47.7 Å². The maximum absolute atomic E-state index is 13.3. The Kier molecular flexibility index (Phi) is 7.42. The molecule has 0 bridgehead atoms. The van der Waals surface area contributed by atoms with E-state index >= 15 is 0 Å². The molecule has 0 aliphatic carbocycles. The molecular formula is C23H26Cl2N2O4S. The third kappa shape index (κ3) is 5.13. The molecule has 9 heteroatoms. The lowest BCUT2D eigenvalue weighted by atomic mass is 10.1. The maximum atomic E-state index is 13.3. The summed E-state index contributed by atoms with van der Waals surface area (Å²) < 4.78 is 33.9.